The number of aromatic nitrogens is 1. The number of carboxylic acids is 1. The Balaban J connectivity index is 1.40. The molecule has 0 aliphatic carbocycles. The van der Waals surface area contributed by atoms with Crippen molar-refractivity contribution in [2.45, 2.75) is 39.2 Å². The van der Waals surface area contributed by atoms with Crippen LogP contribution in [-0.2, 0) is 33.3 Å². The average Bonchev–Trinajstić information content (AvgIpc) is 3.20. The maximum absolute atomic E-state index is 12.7. The smallest absolute Gasteiger partial charge is 0.305 e. The van der Waals surface area contributed by atoms with E-state index in [9.17, 15) is 19.5 Å². The van der Waals surface area contributed by atoms with Crippen LogP contribution in [0.1, 0.15) is 37.3 Å². The quantitative estimate of drug-likeness (QED) is 0.0208. The van der Waals surface area contributed by atoms with Gasteiger partial charge in [0.15, 0.2) is 0 Å². The van der Waals surface area contributed by atoms with E-state index in [0.717, 1.165) is 39.0 Å². The standard InChI is InChI=1S/C42H55N7O9/c1-31-15-17-45-39(28-31)44-16-7-14-40(50)46-30-41(51)48-37(29-42(52)53)33(3)9-4-8-32(2)34-10-5-12-36-35(34)11-6-13-38(36)58-27-26-57-25-24-56-23-22-55-21-20-54-19-18-47-49-43/h4-6,8-13,15,17,28,37H,3,7,14,16,18-27,29-30H2,1-2H3,(H,44,45)(H,46,50)(H,48,51)(H,52,53)/b9-4-,32-8+/t37-/m0/s1. The lowest BCUT2D eigenvalue weighted by atomic mass is 9.98. The van der Waals surface area contributed by atoms with Crippen molar-refractivity contribution in [3.8, 4) is 5.75 Å². The predicted molar refractivity (Wildman–Crippen MR) is 223 cm³/mol. The Hall–Kier alpha value is -5.77. The number of aryl methyl sites for hydroxylation is 1. The number of anilines is 1. The zero-order valence-corrected chi connectivity index (χ0v) is 33.3. The van der Waals surface area contributed by atoms with Gasteiger partial charge in [-0.3, -0.25) is 14.4 Å². The monoisotopic (exact) mass is 801 g/mol. The molecule has 4 N–H and O–H groups in total. The lowest BCUT2D eigenvalue weighted by molar-refractivity contribution is -0.137. The van der Waals surface area contributed by atoms with E-state index in [0.29, 0.717) is 84.5 Å². The largest absolute Gasteiger partial charge is 0.491 e. The first-order valence-corrected chi connectivity index (χ1v) is 19.1. The van der Waals surface area contributed by atoms with Gasteiger partial charge in [0, 0.05) is 36.0 Å². The molecule has 0 bridgehead atoms. The molecule has 1 atom stereocenters. The minimum Gasteiger partial charge on any atom is -0.491 e. The fourth-order valence-corrected chi connectivity index (χ4v) is 5.46. The highest BCUT2D eigenvalue weighted by Crippen LogP contribution is 2.31. The highest BCUT2D eigenvalue weighted by atomic mass is 16.6. The van der Waals surface area contributed by atoms with Crippen molar-refractivity contribution in [3.05, 3.63) is 107 Å². The van der Waals surface area contributed by atoms with Crippen LogP contribution in [0.15, 0.2) is 90.2 Å². The van der Waals surface area contributed by atoms with Crippen LogP contribution < -0.4 is 20.7 Å². The third-order valence-corrected chi connectivity index (χ3v) is 8.37. The van der Waals surface area contributed by atoms with Crippen molar-refractivity contribution >= 4 is 39.9 Å². The first-order chi connectivity index (χ1) is 28.2. The van der Waals surface area contributed by atoms with Crippen LogP contribution in [-0.4, -0.2) is 113 Å². The van der Waals surface area contributed by atoms with Gasteiger partial charge < -0.3 is 44.7 Å². The Kier molecular flexibility index (Phi) is 22.3. The number of allylic oxidation sites excluding steroid dienone is 3. The van der Waals surface area contributed by atoms with E-state index in [1.165, 1.54) is 0 Å². The Labute approximate surface area is 339 Å². The number of fused-ring (bicyclic) bond motifs is 1. The molecule has 0 radical (unpaired) electrons. The number of carboxylic acid groups (broad SMARTS) is 1. The van der Waals surface area contributed by atoms with Crippen molar-refractivity contribution in [2.24, 2.45) is 5.11 Å². The number of carbonyl (C=O) groups is 3. The highest BCUT2D eigenvalue weighted by Gasteiger charge is 2.18. The van der Waals surface area contributed by atoms with Crippen molar-refractivity contribution < 1.29 is 43.2 Å². The molecule has 1 heterocycles. The summed E-state index contributed by atoms with van der Waals surface area (Å²) in [5.41, 5.74) is 11.6. The fourth-order valence-electron chi connectivity index (χ4n) is 5.46. The molecular weight excluding hydrogens is 747 g/mol. The van der Waals surface area contributed by atoms with Gasteiger partial charge in [-0.1, -0.05) is 60.3 Å². The maximum Gasteiger partial charge on any atom is 0.305 e. The van der Waals surface area contributed by atoms with Crippen molar-refractivity contribution in [2.75, 3.05) is 84.4 Å². The first-order valence-electron chi connectivity index (χ1n) is 19.1. The Morgan fingerprint density at radius 3 is 2.29 bits per heavy atom. The molecule has 0 aliphatic heterocycles. The molecule has 58 heavy (non-hydrogen) atoms. The number of amides is 2. The molecule has 16 nitrogen and oxygen atoms in total. The molecule has 1 aromatic heterocycles. The minimum atomic E-state index is -1.10. The molecule has 312 valence electrons. The zero-order valence-electron chi connectivity index (χ0n) is 33.3. The number of nitrogens with zero attached hydrogens (tertiary/aromatic N) is 4. The van der Waals surface area contributed by atoms with Gasteiger partial charge in [-0.25, -0.2) is 4.98 Å². The van der Waals surface area contributed by atoms with Gasteiger partial charge in [0.05, 0.1) is 71.9 Å². The third-order valence-electron chi connectivity index (χ3n) is 8.37. The van der Waals surface area contributed by atoms with E-state index in [4.69, 9.17) is 29.2 Å². The second kappa shape index (κ2) is 27.8. The second-order valence-corrected chi connectivity index (χ2v) is 12.9. The second-order valence-electron chi connectivity index (χ2n) is 12.9. The molecule has 0 saturated heterocycles. The lowest BCUT2D eigenvalue weighted by Crippen LogP contribution is -2.43. The zero-order chi connectivity index (χ0) is 41.8. The fraction of sp³-hybridized carbons (Fsp3) is 0.429. The number of nitrogens with one attached hydrogen (secondary N) is 3. The summed E-state index contributed by atoms with van der Waals surface area (Å²) in [5.74, 6) is -0.447. The number of benzene rings is 2. The molecule has 0 fully saturated rings. The molecule has 2 aromatic carbocycles. The lowest BCUT2D eigenvalue weighted by Gasteiger charge is -2.18. The number of pyridine rings is 1. The summed E-state index contributed by atoms with van der Waals surface area (Å²) in [6, 6.07) is 14.8. The van der Waals surface area contributed by atoms with Crippen LogP contribution >= 0.6 is 0 Å². The number of ether oxygens (including phenoxy) is 5. The molecule has 3 rings (SSSR count). The molecule has 0 unspecified atom stereocenters. The summed E-state index contributed by atoms with van der Waals surface area (Å²) in [6.45, 7) is 12.2. The van der Waals surface area contributed by atoms with Gasteiger partial charge in [0.25, 0.3) is 0 Å². The Morgan fingerprint density at radius 1 is 0.931 bits per heavy atom. The summed E-state index contributed by atoms with van der Waals surface area (Å²) in [5, 5.41) is 23.2. The van der Waals surface area contributed by atoms with E-state index in [2.05, 4.69) is 37.5 Å². The van der Waals surface area contributed by atoms with Crippen LogP contribution in [0.3, 0.4) is 0 Å². The van der Waals surface area contributed by atoms with Crippen LogP contribution in [0.4, 0.5) is 5.82 Å². The highest BCUT2D eigenvalue weighted by molar-refractivity contribution is 5.97. The molecule has 16 heteroatoms. The van der Waals surface area contributed by atoms with Gasteiger partial charge in [-0.05, 0) is 71.7 Å². The maximum atomic E-state index is 12.7. The Morgan fingerprint density at radius 2 is 1.60 bits per heavy atom. The van der Waals surface area contributed by atoms with Gasteiger partial charge >= 0.3 is 5.97 Å². The molecule has 3 aromatic rings. The van der Waals surface area contributed by atoms with Crippen molar-refractivity contribution in [3.63, 3.8) is 0 Å². The van der Waals surface area contributed by atoms with E-state index >= 15 is 0 Å². The van der Waals surface area contributed by atoms with Gasteiger partial charge in [0.2, 0.25) is 11.8 Å². The minimum absolute atomic E-state index is 0.212. The summed E-state index contributed by atoms with van der Waals surface area (Å²) >= 11 is 0. The van der Waals surface area contributed by atoms with Crippen molar-refractivity contribution in [1.29, 1.82) is 0 Å². The van der Waals surface area contributed by atoms with E-state index in [1.807, 2.05) is 68.5 Å². The number of azide groups is 1. The van der Waals surface area contributed by atoms with Gasteiger partial charge in [-0.2, -0.15) is 0 Å². The van der Waals surface area contributed by atoms with Crippen LogP contribution in [0.5, 0.6) is 5.75 Å². The number of aliphatic carboxylic acids is 1. The average molecular weight is 802 g/mol. The third kappa shape index (κ3) is 18.9. The van der Waals surface area contributed by atoms with Gasteiger partial charge in [0.1, 0.15) is 18.2 Å². The van der Waals surface area contributed by atoms with Crippen molar-refractivity contribution in [1.82, 2.24) is 15.6 Å². The summed E-state index contributed by atoms with van der Waals surface area (Å²) in [7, 11) is 0. The predicted octanol–water partition coefficient (Wildman–Crippen LogP) is 5.78. The van der Waals surface area contributed by atoms with E-state index < -0.39 is 17.9 Å². The molecule has 0 saturated carbocycles. The summed E-state index contributed by atoms with van der Waals surface area (Å²) < 4.78 is 27.9. The number of rotatable bonds is 30. The van der Waals surface area contributed by atoms with E-state index in [-0.39, 0.29) is 25.3 Å². The SMILES string of the molecule is C=C(/C=C\C=C(/C)c1cccc2c(OCCOCCOCCOCCOCCN=[N+]=[N-])cccc12)[C@H](CC(=O)O)NC(=O)CNC(=O)CCCNc1cc(C)ccn1. The van der Waals surface area contributed by atoms with Crippen LogP contribution in [0.2, 0.25) is 0 Å². The van der Waals surface area contributed by atoms with Crippen LogP contribution in [0, 0.1) is 6.92 Å². The number of hydrogen-bond donors (Lipinski definition) is 4. The molecule has 0 spiro atoms. The topological polar surface area (TPSA) is 215 Å². The van der Waals surface area contributed by atoms with Crippen LogP contribution in [0.25, 0.3) is 26.8 Å². The molecule has 2 amide bonds. The molecular formula is C42H55N7O9. The van der Waals surface area contributed by atoms with Gasteiger partial charge in [-0.15, -0.1) is 0 Å². The normalized spacial score (nSPS) is 11.9. The summed E-state index contributed by atoms with van der Waals surface area (Å²) in [6.07, 6.45) is 7.42. The number of carbonyl (C=O) groups excluding carboxylic acids is 2. The first kappa shape index (κ1) is 46.6. The molecule has 0 aliphatic rings. The summed E-state index contributed by atoms with van der Waals surface area (Å²) in [4.78, 5) is 43.4. The Bertz CT molecular complexity index is 1880. The number of hydrogen-bond acceptors (Lipinski definition) is 11. The van der Waals surface area contributed by atoms with E-state index in [1.54, 1.807) is 18.3 Å².